The first kappa shape index (κ1) is 20.5. The fraction of sp³-hybridized carbons (Fsp3) is 0.143. The highest BCUT2D eigenvalue weighted by Crippen LogP contribution is 2.31. The van der Waals surface area contributed by atoms with E-state index in [0.29, 0.717) is 10.6 Å². The van der Waals surface area contributed by atoms with E-state index in [4.69, 9.17) is 0 Å². The van der Waals surface area contributed by atoms with E-state index >= 15 is 0 Å². The van der Waals surface area contributed by atoms with E-state index in [1.807, 2.05) is 0 Å². The number of thiophene rings is 1. The van der Waals surface area contributed by atoms with Crippen molar-refractivity contribution in [1.29, 1.82) is 0 Å². The van der Waals surface area contributed by atoms with Crippen LogP contribution in [-0.4, -0.2) is 22.8 Å². The molecule has 2 amide bonds. The molecule has 0 aliphatic heterocycles. The van der Waals surface area contributed by atoms with Crippen molar-refractivity contribution in [2.45, 2.75) is 18.9 Å². The molecule has 0 unspecified atom stereocenters. The maximum absolute atomic E-state index is 13.1. The number of carbonyl (C=O) groups excluding carboxylic acids is 2. The Kier molecular flexibility index (Phi) is 5.63. The Labute approximate surface area is 180 Å². The number of nitrogens with one attached hydrogen (secondary N) is 3. The van der Waals surface area contributed by atoms with Gasteiger partial charge >= 0.3 is 0 Å². The summed E-state index contributed by atoms with van der Waals surface area (Å²) < 4.78 is 13.1. The molecule has 0 radical (unpaired) electrons. The van der Waals surface area contributed by atoms with Gasteiger partial charge in [-0.05, 0) is 54.8 Å². The van der Waals surface area contributed by atoms with Crippen LogP contribution in [0.2, 0.25) is 0 Å². The number of nitro benzene ring substituents is 1. The molecule has 0 bridgehead atoms. The van der Waals surface area contributed by atoms with Crippen LogP contribution in [0.5, 0.6) is 0 Å². The zero-order valence-electron chi connectivity index (χ0n) is 16.1. The third kappa shape index (κ3) is 4.86. The number of halogens is 1. The summed E-state index contributed by atoms with van der Waals surface area (Å²) >= 11 is 1.18. The molecular formula is C21H17FN4O4S. The summed E-state index contributed by atoms with van der Waals surface area (Å²) in [7, 11) is 0. The van der Waals surface area contributed by atoms with Gasteiger partial charge in [-0.2, -0.15) is 0 Å². The Morgan fingerprint density at radius 2 is 1.71 bits per heavy atom. The average Bonchev–Trinajstić information content (AvgIpc) is 3.44. The smallest absolute Gasteiger partial charge is 0.293 e. The second-order valence-corrected chi connectivity index (χ2v) is 8.07. The highest BCUT2D eigenvalue weighted by molar-refractivity contribution is 7.17. The molecular weight excluding hydrogens is 423 g/mol. The van der Waals surface area contributed by atoms with Crippen LogP contribution >= 0.6 is 11.3 Å². The van der Waals surface area contributed by atoms with Gasteiger partial charge in [0.25, 0.3) is 17.5 Å². The molecule has 1 aliphatic rings. The van der Waals surface area contributed by atoms with E-state index in [0.717, 1.165) is 23.3 Å². The molecule has 1 aliphatic carbocycles. The Morgan fingerprint density at radius 1 is 1.00 bits per heavy atom. The van der Waals surface area contributed by atoms with Crippen molar-refractivity contribution in [3.05, 3.63) is 81.0 Å². The van der Waals surface area contributed by atoms with E-state index in [-0.39, 0.29) is 23.1 Å². The summed E-state index contributed by atoms with van der Waals surface area (Å²) in [4.78, 5) is 36.6. The van der Waals surface area contributed by atoms with Crippen molar-refractivity contribution >= 4 is 34.5 Å². The van der Waals surface area contributed by atoms with Gasteiger partial charge in [0.1, 0.15) is 11.5 Å². The zero-order valence-corrected chi connectivity index (χ0v) is 16.9. The normalized spacial score (nSPS) is 12.8. The number of hydrogen-bond donors (Lipinski definition) is 3. The summed E-state index contributed by atoms with van der Waals surface area (Å²) in [6.45, 7) is 0. The minimum absolute atomic E-state index is 0.0477. The Balaban J connectivity index is 1.40. The molecule has 158 valence electrons. The SMILES string of the molecule is O=C(NNC(=O)c1ccc(-c2ccc(F)cc2)s1)c1ccc(NC2CC2)c([N+](=O)[O-])c1. The molecule has 0 atom stereocenters. The lowest BCUT2D eigenvalue weighted by atomic mass is 10.1. The molecule has 0 spiro atoms. The lowest BCUT2D eigenvalue weighted by Gasteiger charge is -2.09. The minimum Gasteiger partial charge on any atom is -0.377 e. The van der Waals surface area contributed by atoms with E-state index in [1.54, 1.807) is 24.3 Å². The highest BCUT2D eigenvalue weighted by atomic mass is 32.1. The number of carbonyl (C=O) groups is 2. The third-order valence-corrected chi connectivity index (χ3v) is 5.77. The van der Waals surface area contributed by atoms with Crippen LogP contribution < -0.4 is 16.2 Å². The molecule has 2 aromatic carbocycles. The lowest BCUT2D eigenvalue weighted by Crippen LogP contribution is -2.41. The van der Waals surface area contributed by atoms with Crippen LogP contribution in [0.1, 0.15) is 32.9 Å². The fourth-order valence-corrected chi connectivity index (χ4v) is 3.78. The maximum atomic E-state index is 13.1. The molecule has 0 saturated heterocycles. The van der Waals surface area contributed by atoms with Gasteiger partial charge in [0.15, 0.2) is 0 Å². The van der Waals surface area contributed by atoms with E-state index in [2.05, 4.69) is 16.2 Å². The molecule has 4 rings (SSSR count). The van der Waals surface area contributed by atoms with Crippen molar-refractivity contribution < 1.29 is 18.9 Å². The first-order valence-corrected chi connectivity index (χ1v) is 10.2. The molecule has 1 aromatic heterocycles. The molecule has 1 saturated carbocycles. The van der Waals surface area contributed by atoms with E-state index in [1.165, 1.54) is 41.7 Å². The minimum atomic E-state index is -0.676. The monoisotopic (exact) mass is 440 g/mol. The molecule has 1 heterocycles. The van der Waals surface area contributed by atoms with Crippen molar-refractivity contribution in [1.82, 2.24) is 10.9 Å². The lowest BCUT2D eigenvalue weighted by molar-refractivity contribution is -0.384. The predicted octanol–water partition coefficient (Wildman–Crippen LogP) is 4.11. The molecule has 1 fully saturated rings. The molecule has 3 N–H and O–H groups in total. The van der Waals surface area contributed by atoms with Crippen LogP contribution in [0, 0.1) is 15.9 Å². The molecule has 31 heavy (non-hydrogen) atoms. The number of amides is 2. The summed E-state index contributed by atoms with van der Waals surface area (Å²) in [6, 6.07) is 13.5. The highest BCUT2D eigenvalue weighted by Gasteiger charge is 2.25. The van der Waals surface area contributed by atoms with Crippen LogP contribution in [-0.2, 0) is 0 Å². The maximum Gasteiger partial charge on any atom is 0.293 e. The largest absolute Gasteiger partial charge is 0.377 e. The summed E-state index contributed by atoms with van der Waals surface area (Å²) in [5, 5.41) is 14.4. The number of hydrogen-bond acceptors (Lipinski definition) is 6. The number of nitro groups is 1. The van der Waals surface area contributed by atoms with Crippen LogP contribution in [0.15, 0.2) is 54.6 Å². The van der Waals surface area contributed by atoms with Crippen LogP contribution in [0.25, 0.3) is 10.4 Å². The molecule has 8 nitrogen and oxygen atoms in total. The van der Waals surface area contributed by atoms with Gasteiger partial charge in [-0.1, -0.05) is 12.1 Å². The van der Waals surface area contributed by atoms with Crippen LogP contribution in [0.3, 0.4) is 0 Å². The van der Waals surface area contributed by atoms with Crippen molar-refractivity contribution in [3.63, 3.8) is 0 Å². The van der Waals surface area contributed by atoms with E-state index in [9.17, 15) is 24.1 Å². The number of nitrogens with zero attached hydrogens (tertiary/aromatic N) is 1. The number of hydrazine groups is 1. The van der Waals surface area contributed by atoms with Gasteiger partial charge < -0.3 is 5.32 Å². The first-order valence-electron chi connectivity index (χ1n) is 9.42. The van der Waals surface area contributed by atoms with Gasteiger partial charge in [0.05, 0.1) is 9.80 Å². The zero-order chi connectivity index (χ0) is 22.0. The topological polar surface area (TPSA) is 113 Å². The Morgan fingerprint density at radius 3 is 2.39 bits per heavy atom. The number of anilines is 1. The van der Waals surface area contributed by atoms with E-state index < -0.39 is 16.7 Å². The summed E-state index contributed by atoms with van der Waals surface area (Å²) in [6.07, 6.45) is 1.91. The Bertz CT molecular complexity index is 1160. The molecule has 10 heteroatoms. The second-order valence-electron chi connectivity index (χ2n) is 6.99. The second kappa shape index (κ2) is 8.52. The predicted molar refractivity (Wildman–Crippen MR) is 114 cm³/mol. The van der Waals surface area contributed by atoms with Gasteiger partial charge in [0.2, 0.25) is 0 Å². The average molecular weight is 440 g/mol. The fourth-order valence-electron chi connectivity index (χ4n) is 2.87. The van der Waals surface area contributed by atoms with Gasteiger partial charge in [-0.15, -0.1) is 11.3 Å². The van der Waals surface area contributed by atoms with Gasteiger partial charge in [0, 0.05) is 22.5 Å². The van der Waals surface area contributed by atoms with Crippen LogP contribution in [0.4, 0.5) is 15.8 Å². The van der Waals surface area contributed by atoms with Gasteiger partial charge in [-0.3, -0.25) is 30.6 Å². The standard InChI is InChI=1S/C21H17FN4O4S/c22-14-4-1-12(2-5-14)18-9-10-19(31-18)21(28)25-24-20(27)13-3-8-16(23-15-6-7-15)17(11-13)26(29)30/h1-5,8-11,15,23H,6-7H2,(H,24,27)(H,25,28). The molecule has 3 aromatic rings. The number of benzene rings is 2. The van der Waals surface area contributed by atoms with Gasteiger partial charge in [-0.25, -0.2) is 4.39 Å². The van der Waals surface area contributed by atoms with Crippen molar-refractivity contribution in [2.75, 3.05) is 5.32 Å². The number of rotatable bonds is 6. The van der Waals surface area contributed by atoms with Crippen molar-refractivity contribution in [3.8, 4) is 10.4 Å². The summed E-state index contributed by atoms with van der Waals surface area (Å²) in [5.74, 6) is -1.56. The van der Waals surface area contributed by atoms with Crippen molar-refractivity contribution in [2.24, 2.45) is 0 Å². The quantitative estimate of drug-likeness (QED) is 0.394. The first-order chi connectivity index (χ1) is 14.9. The third-order valence-electron chi connectivity index (χ3n) is 4.64. The summed E-state index contributed by atoms with van der Waals surface area (Å²) in [5.41, 5.74) is 5.54. The Hall–Kier alpha value is -3.79.